The Morgan fingerprint density at radius 3 is 2.42 bits per heavy atom. The zero-order valence-corrected chi connectivity index (χ0v) is 12.2. The summed E-state index contributed by atoms with van der Waals surface area (Å²) in [5.41, 5.74) is 8.89. The number of nitrogens with two attached hydrogens (primary N) is 1. The van der Waals surface area contributed by atoms with E-state index in [-0.39, 0.29) is 6.04 Å². The van der Waals surface area contributed by atoms with E-state index in [4.69, 9.17) is 15.2 Å². The van der Waals surface area contributed by atoms with Crippen molar-refractivity contribution < 1.29 is 9.47 Å². The lowest BCUT2D eigenvalue weighted by molar-refractivity contribution is 0.287. The van der Waals surface area contributed by atoms with Crippen LogP contribution in [0.1, 0.15) is 50.8 Å². The number of aryl methyl sites for hydroxylation is 1. The number of hydrogen-bond acceptors (Lipinski definition) is 3. The van der Waals surface area contributed by atoms with Crippen molar-refractivity contribution in [3.8, 4) is 11.5 Å². The average molecular weight is 263 g/mol. The first-order valence-corrected chi connectivity index (χ1v) is 7.33. The molecule has 3 nitrogen and oxygen atoms in total. The van der Waals surface area contributed by atoms with Crippen molar-refractivity contribution in [2.24, 2.45) is 11.7 Å². The molecule has 1 aliphatic carbocycles. The number of benzene rings is 1. The second kappa shape index (κ2) is 6.29. The van der Waals surface area contributed by atoms with Gasteiger partial charge < -0.3 is 15.2 Å². The monoisotopic (exact) mass is 263 g/mol. The maximum Gasteiger partial charge on any atom is 0.161 e. The van der Waals surface area contributed by atoms with Gasteiger partial charge in [0.15, 0.2) is 11.5 Å². The lowest BCUT2D eigenvalue weighted by Gasteiger charge is -2.18. The van der Waals surface area contributed by atoms with Crippen LogP contribution in [0.15, 0.2) is 12.1 Å². The summed E-state index contributed by atoms with van der Waals surface area (Å²) in [6.45, 7) is 7.56. The molecule has 0 amide bonds. The maximum absolute atomic E-state index is 6.33. The van der Waals surface area contributed by atoms with E-state index in [9.17, 15) is 0 Å². The highest BCUT2D eigenvalue weighted by Crippen LogP contribution is 2.38. The third kappa shape index (κ3) is 3.21. The Hall–Kier alpha value is -1.22. The van der Waals surface area contributed by atoms with Crippen molar-refractivity contribution in [1.82, 2.24) is 0 Å². The maximum atomic E-state index is 6.33. The van der Waals surface area contributed by atoms with Crippen LogP contribution in [0.2, 0.25) is 0 Å². The topological polar surface area (TPSA) is 44.5 Å². The zero-order valence-electron chi connectivity index (χ0n) is 12.2. The number of hydrogen-bond donors (Lipinski definition) is 1. The Balaban J connectivity index is 2.40. The van der Waals surface area contributed by atoms with Crippen molar-refractivity contribution in [3.63, 3.8) is 0 Å². The molecule has 0 spiro atoms. The van der Waals surface area contributed by atoms with Crippen LogP contribution in [0, 0.1) is 5.92 Å². The summed E-state index contributed by atoms with van der Waals surface area (Å²) in [6.07, 6.45) is 3.32. The molecular weight excluding hydrogens is 238 g/mol. The lowest BCUT2D eigenvalue weighted by Crippen LogP contribution is -2.13. The second-order valence-electron chi connectivity index (χ2n) is 5.35. The Morgan fingerprint density at radius 2 is 1.79 bits per heavy atom. The molecule has 0 aromatic heterocycles. The van der Waals surface area contributed by atoms with Gasteiger partial charge in [0, 0.05) is 6.04 Å². The molecular formula is C16H25NO2. The predicted molar refractivity (Wildman–Crippen MR) is 77.8 cm³/mol. The fourth-order valence-corrected chi connectivity index (χ4v) is 2.80. The van der Waals surface area contributed by atoms with Gasteiger partial charge in [-0.15, -0.1) is 0 Å². The zero-order chi connectivity index (χ0) is 13.8. The first-order chi connectivity index (χ1) is 9.15. The molecule has 0 saturated heterocycles. The van der Waals surface area contributed by atoms with Gasteiger partial charge in [-0.05, 0) is 62.3 Å². The van der Waals surface area contributed by atoms with Gasteiger partial charge in [0.25, 0.3) is 0 Å². The highest BCUT2D eigenvalue weighted by atomic mass is 16.5. The Labute approximate surface area is 116 Å². The standard InChI is InChI=1S/C16H25NO2/c1-4-18-15-9-12-7-6-11(3)8-14(17)13(12)10-16(15)19-5-2/h9-11,14H,4-8,17H2,1-3H3. The highest BCUT2D eigenvalue weighted by molar-refractivity contribution is 5.49. The summed E-state index contributed by atoms with van der Waals surface area (Å²) in [4.78, 5) is 0. The van der Waals surface area contributed by atoms with E-state index in [1.54, 1.807) is 0 Å². The molecule has 0 aliphatic heterocycles. The van der Waals surface area contributed by atoms with Gasteiger partial charge in [-0.2, -0.15) is 0 Å². The largest absolute Gasteiger partial charge is 0.490 e. The minimum atomic E-state index is 0.113. The van der Waals surface area contributed by atoms with E-state index in [1.165, 1.54) is 17.5 Å². The molecule has 0 saturated carbocycles. The van der Waals surface area contributed by atoms with Crippen LogP contribution in [0.5, 0.6) is 11.5 Å². The molecule has 19 heavy (non-hydrogen) atoms. The van der Waals surface area contributed by atoms with Crippen molar-refractivity contribution in [2.45, 2.75) is 46.1 Å². The van der Waals surface area contributed by atoms with Gasteiger partial charge in [-0.25, -0.2) is 0 Å². The summed E-state index contributed by atoms with van der Waals surface area (Å²) in [5.74, 6) is 2.35. The molecule has 1 aliphatic rings. The summed E-state index contributed by atoms with van der Waals surface area (Å²) in [7, 11) is 0. The molecule has 0 bridgehead atoms. The third-order valence-corrected chi connectivity index (χ3v) is 3.77. The van der Waals surface area contributed by atoms with Crippen LogP contribution in [-0.2, 0) is 6.42 Å². The van der Waals surface area contributed by atoms with Crippen LogP contribution in [-0.4, -0.2) is 13.2 Å². The van der Waals surface area contributed by atoms with E-state index < -0.39 is 0 Å². The molecule has 2 unspecified atom stereocenters. The fourth-order valence-electron chi connectivity index (χ4n) is 2.80. The molecule has 0 heterocycles. The molecule has 3 heteroatoms. The summed E-state index contributed by atoms with van der Waals surface area (Å²) in [6, 6.07) is 4.33. The van der Waals surface area contributed by atoms with Gasteiger partial charge in [-0.1, -0.05) is 6.92 Å². The summed E-state index contributed by atoms with van der Waals surface area (Å²) >= 11 is 0. The molecule has 2 rings (SSSR count). The van der Waals surface area contributed by atoms with Crippen molar-refractivity contribution in [3.05, 3.63) is 23.3 Å². The first-order valence-electron chi connectivity index (χ1n) is 7.33. The normalized spacial score (nSPS) is 22.5. The summed E-state index contributed by atoms with van der Waals surface area (Å²) < 4.78 is 11.4. The lowest BCUT2D eigenvalue weighted by atomic mass is 9.97. The van der Waals surface area contributed by atoms with E-state index in [2.05, 4.69) is 19.1 Å². The van der Waals surface area contributed by atoms with Crippen LogP contribution in [0.25, 0.3) is 0 Å². The minimum absolute atomic E-state index is 0.113. The van der Waals surface area contributed by atoms with Crippen LogP contribution in [0.4, 0.5) is 0 Å². The first kappa shape index (κ1) is 14.2. The number of rotatable bonds is 4. The van der Waals surface area contributed by atoms with E-state index >= 15 is 0 Å². The van der Waals surface area contributed by atoms with Crippen LogP contribution < -0.4 is 15.2 Å². The van der Waals surface area contributed by atoms with Gasteiger partial charge in [0.2, 0.25) is 0 Å². The molecule has 0 fully saturated rings. The number of ether oxygens (including phenoxy) is 2. The van der Waals surface area contributed by atoms with Gasteiger partial charge in [0.05, 0.1) is 13.2 Å². The van der Waals surface area contributed by atoms with Gasteiger partial charge >= 0.3 is 0 Å². The van der Waals surface area contributed by atoms with E-state index in [0.717, 1.165) is 24.3 Å². The molecule has 106 valence electrons. The van der Waals surface area contributed by atoms with Crippen molar-refractivity contribution in [1.29, 1.82) is 0 Å². The highest BCUT2D eigenvalue weighted by Gasteiger charge is 2.22. The van der Waals surface area contributed by atoms with Gasteiger partial charge in [-0.3, -0.25) is 0 Å². The van der Waals surface area contributed by atoms with Crippen molar-refractivity contribution >= 4 is 0 Å². The van der Waals surface area contributed by atoms with Gasteiger partial charge in [0.1, 0.15) is 0 Å². The van der Waals surface area contributed by atoms with Crippen LogP contribution >= 0.6 is 0 Å². The van der Waals surface area contributed by atoms with Crippen molar-refractivity contribution in [2.75, 3.05) is 13.2 Å². The molecule has 2 atom stereocenters. The Kier molecular flexibility index (Phi) is 4.70. The molecule has 0 radical (unpaired) electrons. The third-order valence-electron chi connectivity index (χ3n) is 3.77. The molecule has 1 aromatic carbocycles. The smallest absolute Gasteiger partial charge is 0.161 e. The second-order valence-corrected chi connectivity index (χ2v) is 5.35. The fraction of sp³-hybridized carbons (Fsp3) is 0.625. The quantitative estimate of drug-likeness (QED) is 0.846. The SMILES string of the molecule is CCOc1cc2c(cc1OCC)C(N)CC(C)CC2. The molecule has 1 aromatic rings. The summed E-state index contributed by atoms with van der Waals surface area (Å²) in [5, 5.41) is 0. The Bertz CT molecular complexity index is 431. The predicted octanol–water partition coefficient (Wildman–Crippen LogP) is 3.46. The number of fused-ring (bicyclic) bond motifs is 1. The van der Waals surface area contributed by atoms with E-state index in [1.807, 2.05) is 13.8 Å². The van der Waals surface area contributed by atoms with E-state index in [0.29, 0.717) is 19.1 Å². The minimum Gasteiger partial charge on any atom is -0.490 e. The average Bonchev–Trinajstić information content (AvgIpc) is 2.51. The molecule has 2 N–H and O–H groups in total. The van der Waals surface area contributed by atoms with Crippen LogP contribution in [0.3, 0.4) is 0 Å². The Morgan fingerprint density at radius 1 is 1.16 bits per heavy atom.